The Morgan fingerprint density at radius 1 is 0.549 bits per heavy atom. The molecule has 5 heteroatoms. The monoisotopic (exact) mass is 658 g/mol. The molecule has 0 saturated heterocycles. The molecule has 0 amide bonds. The Bertz CT molecular complexity index is 2610. The molecule has 0 N–H and O–H groups in total. The Labute approximate surface area is 296 Å². The standard InChI is InChI=1S/C46H34N4O/c1-32-28-33(2)50(47-32)38-20-12-22-40(30-38)51-39-21-11-19-37(29-39)48-31-49(46-43-23-10-9-18-36(43)26-27-44(46)48)45-41(34-14-5-3-6-15-34)24-13-25-42(45)35-16-7-4-8-17-35/h3-30H,1-2H3/q+2. The quantitative estimate of drug-likeness (QED) is 0.160. The molecule has 0 radical (unpaired) electrons. The number of hydrogen-bond donors (Lipinski definition) is 0. The maximum absolute atomic E-state index is 6.50. The zero-order valence-electron chi connectivity index (χ0n) is 28.4. The average Bonchev–Trinajstić information content (AvgIpc) is 3.74. The Morgan fingerprint density at radius 3 is 1.90 bits per heavy atom. The summed E-state index contributed by atoms with van der Waals surface area (Å²) in [5, 5.41) is 6.98. The zero-order valence-corrected chi connectivity index (χ0v) is 28.4. The lowest BCUT2D eigenvalue weighted by Gasteiger charge is -2.11. The number of aryl methyl sites for hydroxylation is 2. The van der Waals surface area contributed by atoms with E-state index in [1.807, 2.05) is 48.0 Å². The predicted molar refractivity (Wildman–Crippen MR) is 209 cm³/mol. The molecule has 0 atom stereocenters. The molecule has 9 rings (SSSR count). The van der Waals surface area contributed by atoms with Crippen LogP contribution < -0.4 is 13.9 Å². The Morgan fingerprint density at radius 2 is 1.20 bits per heavy atom. The molecule has 0 spiro atoms. The van der Waals surface area contributed by atoms with Gasteiger partial charge in [0.05, 0.1) is 34.0 Å². The third-order valence-corrected chi connectivity index (χ3v) is 9.36. The number of para-hydroxylation sites is 1. The second-order valence-corrected chi connectivity index (χ2v) is 12.8. The normalized spacial score (nSPS) is 12.0. The third kappa shape index (κ3) is 5.52. The summed E-state index contributed by atoms with van der Waals surface area (Å²) >= 11 is 0. The van der Waals surface area contributed by atoms with E-state index in [-0.39, 0.29) is 0 Å². The Kier molecular flexibility index (Phi) is 7.46. The highest BCUT2D eigenvalue weighted by Crippen LogP contribution is 2.47. The summed E-state index contributed by atoms with van der Waals surface area (Å²) in [4.78, 5) is 0. The highest BCUT2D eigenvalue weighted by molar-refractivity contribution is 6.06. The minimum atomic E-state index is 0.732. The molecule has 0 saturated carbocycles. The number of benzene rings is 7. The van der Waals surface area contributed by atoms with Gasteiger partial charge in [0.2, 0.25) is 11.4 Å². The average molecular weight is 659 g/mol. The first-order valence-corrected chi connectivity index (χ1v) is 17.1. The fourth-order valence-corrected chi connectivity index (χ4v) is 7.10. The first-order valence-electron chi connectivity index (χ1n) is 17.1. The zero-order chi connectivity index (χ0) is 34.3. The molecule has 8 aromatic rings. The van der Waals surface area contributed by atoms with Crippen molar-refractivity contribution in [2.75, 3.05) is 0 Å². The maximum Gasteiger partial charge on any atom is 0.503 e. The summed E-state index contributed by atoms with van der Waals surface area (Å²) in [6.45, 7) is 4.07. The van der Waals surface area contributed by atoms with E-state index in [4.69, 9.17) is 4.74 Å². The summed E-state index contributed by atoms with van der Waals surface area (Å²) in [6.07, 6.45) is 0. The minimum Gasteiger partial charge on any atom is -0.457 e. The second kappa shape index (κ2) is 12.6. The van der Waals surface area contributed by atoms with E-state index in [1.165, 1.54) is 5.39 Å². The molecule has 7 aromatic carbocycles. The van der Waals surface area contributed by atoms with Gasteiger partial charge in [-0.25, -0.2) is 4.68 Å². The van der Waals surface area contributed by atoms with Crippen molar-refractivity contribution < 1.29 is 4.74 Å². The SMILES string of the molecule is Cc1cc(C)n(-c2cccc(Oc3cccc([N+]4=C=[N+](c5c(-c6ccccc6)cccc5-c5ccccc5)c5c4ccc4ccccc54)c3)c2)n1. The number of hydrogen-bond acceptors (Lipinski definition) is 2. The van der Waals surface area contributed by atoms with Crippen molar-refractivity contribution in [1.29, 1.82) is 0 Å². The molecular formula is C46H34N4O+2. The van der Waals surface area contributed by atoms with E-state index in [0.29, 0.717) is 0 Å². The van der Waals surface area contributed by atoms with Gasteiger partial charge in [-0.15, -0.1) is 0 Å². The van der Waals surface area contributed by atoms with Gasteiger partial charge < -0.3 is 4.74 Å². The molecule has 0 aliphatic carbocycles. The first kappa shape index (κ1) is 30.3. The molecule has 1 aromatic heterocycles. The summed E-state index contributed by atoms with van der Waals surface area (Å²) in [5.74, 6) is 1.47. The van der Waals surface area contributed by atoms with Crippen LogP contribution in [0.3, 0.4) is 0 Å². The van der Waals surface area contributed by atoms with Crippen LogP contribution in [0, 0.1) is 13.8 Å². The van der Waals surface area contributed by atoms with E-state index in [2.05, 4.69) is 161 Å². The summed E-state index contributed by atoms with van der Waals surface area (Å²) < 4.78 is 12.9. The fraction of sp³-hybridized carbons (Fsp3) is 0.0435. The lowest BCUT2D eigenvalue weighted by Crippen LogP contribution is -2.05. The Hall–Kier alpha value is -6.81. The van der Waals surface area contributed by atoms with Crippen molar-refractivity contribution in [3.63, 3.8) is 0 Å². The first-order chi connectivity index (χ1) is 25.1. The van der Waals surface area contributed by atoms with Crippen molar-refractivity contribution in [3.05, 3.63) is 181 Å². The van der Waals surface area contributed by atoms with Crippen molar-refractivity contribution in [2.45, 2.75) is 13.8 Å². The Balaban J connectivity index is 1.23. The van der Waals surface area contributed by atoms with Crippen LogP contribution in [0.1, 0.15) is 11.4 Å². The van der Waals surface area contributed by atoms with E-state index in [0.717, 1.165) is 79.0 Å². The van der Waals surface area contributed by atoms with Gasteiger partial charge in [0, 0.05) is 23.9 Å². The maximum atomic E-state index is 6.50. The van der Waals surface area contributed by atoms with Crippen molar-refractivity contribution in [1.82, 2.24) is 18.9 Å². The predicted octanol–water partition coefficient (Wildman–Crippen LogP) is 11.6. The number of rotatable bonds is 7. The molecule has 0 fully saturated rings. The molecule has 0 unspecified atom stereocenters. The van der Waals surface area contributed by atoms with Gasteiger partial charge in [0.25, 0.3) is 5.69 Å². The van der Waals surface area contributed by atoms with Gasteiger partial charge in [-0.2, -0.15) is 5.10 Å². The van der Waals surface area contributed by atoms with Crippen molar-refractivity contribution in [2.24, 2.45) is 0 Å². The van der Waals surface area contributed by atoms with Crippen LogP contribution >= 0.6 is 0 Å². The fourth-order valence-electron chi connectivity index (χ4n) is 7.10. The molecular weight excluding hydrogens is 625 g/mol. The van der Waals surface area contributed by atoms with E-state index in [1.54, 1.807) is 0 Å². The van der Waals surface area contributed by atoms with E-state index < -0.39 is 0 Å². The minimum absolute atomic E-state index is 0.732. The molecule has 0 bridgehead atoms. The van der Waals surface area contributed by atoms with Gasteiger partial charge >= 0.3 is 11.7 Å². The molecule has 242 valence electrons. The number of fused-ring (bicyclic) bond motifs is 3. The highest BCUT2D eigenvalue weighted by Gasteiger charge is 2.41. The van der Waals surface area contributed by atoms with Gasteiger partial charge in [0.15, 0.2) is 0 Å². The van der Waals surface area contributed by atoms with Crippen LogP contribution in [0.4, 0.5) is 22.7 Å². The van der Waals surface area contributed by atoms with Crippen LogP contribution in [0.2, 0.25) is 0 Å². The van der Waals surface area contributed by atoms with E-state index >= 15 is 0 Å². The molecule has 2 heterocycles. The number of nitrogens with zero attached hydrogens (tertiary/aromatic N) is 4. The van der Waals surface area contributed by atoms with Gasteiger partial charge in [-0.3, -0.25) is 0 Å². The summed E-state index contributed by atoms with van der Waals surface area (Å²) in [5.41, 5.74) is 11.7. The van der Waals surface area contributed by atoms with E-state index in [9.17, 15) is 0 Å². The van der Waals surface area contributed by atoms with Crippen LogP contribution in [0.5, 0.6) is 11.5 Å². The highest BCUT2D eigenvalue weighted by atomic mass is 16.5. The van der Waals surface area contributed by atoms with Crippen molar-refractivity contribution in [3.8, 4) is 39.4 Å². The van der Waals surface area contributed by atoms with Crippen LogP contribution in [-0.4, -0.2) is 15.8 Å². The lowest BCUT2D eigenvalue weighted by atomic mass is 9.95. The van der Waals surface area contributed by atoms with Crippen LogP contribution in [0.25, 0.3) is 38.7 Å². The largest absolute Gasteiger partial charge is 0.503 e. The van der Waals surface area contributed by atoms with Gasteiger partial charge in [-0.05, 0) is 88.0 Å². The van der Waals surface area contributed by atoms with Crippen LogP contribution in [0.15, 0.2) is 170 Å². The summed E-state index contributed by atoms with van der Waals surface area (Å²) in [7, 11) is 0. The third-order valence-electron chi connectivity index (χ3n) is 9.36. The van der Waals surface area contributed by atoms with Gasteiger partial charge in [-0.1, -0.05) is 97.1 Å². The smallest absolute Gasteiger partial charge is 0.457 e. The topological polar surface area (TPSA) is 33.1 Å². The second-order valence-electron chi connectivity index (χ2n) is 12.8. The molecule has 51 heavy (non-hydrogen) atoms. The van der Waals surface area contributed by atoms with Gasteiger partial charge in [0.1, 0.15) is 11.5 Å². The lowest BCUT2D eigenvalue weighted by molar-refractivity contribution is 0.482. The molecule has 5 nitrogen and oxygen atoms in total. The van der Waals surface area contributed by atoms with Crippen LogP contribution in [-0.2, 0) is 0 Å². The number of aromatic nitrogens is 2. The number of ether oxygens (including phenoxy) is 1. The van der Waals surface area contributed by atoms with Crippen molar-refractivity contribution >= 4 is 39.5 Å². The molecule has 1 aliphatic rings. The summed E-state index contributed by atoms with van der Waals surface area (Å²) in [6, 6.07) is 62.9. The molecule has 1 aliphatic heterocycles.